The second-order valence-corrected chi connectivity index (χ2v) is 10.1. The maximum absolute atomic E-state index is 13.6. The molecule has 0 spiro atoms. The first-order valence-electron chi connectivity index (χ1n) is 12.4. The van der Waals surface area contributed by atoms with Crippen LogP contribution in [0, 0.1) is 17.7 Å². The Hall–Kier alpha value is -1.86. The highest BCUT2D eigenvalue weighted by molar-refractivity contribution is 5.85. The molecule has 0 unspecified atom stereocenters. The summed E-state index contributed by atoms with van der Waals surface area (Å²) >= 11 is 0. The first-order chi connectivity index (χ1) is 15.5. The molecule has 2 amide bonds. The van der Waals surface area contributed by atoms with E-state index in [1.54, 1.807) is 20.8 Å². The number of nitrogens with one attached hydrogen (secondary N) is 2. The highest BCUT2D eigenvalue weighted by Gasteiger charge is 2.34. The second-order valence-electron chi connectivity index (χ2n) is 10.1. The second kappa shape index (κ2) is 12.4. The predicted octanol–water partition coefficient (Wildman–Crippen LogP) is 4.28. The molecule has 2 atom stereocenters. The minimum absolute atomic E-state index is 0.0817. The van der Waals surface area contributed by atoms with E-state index in [2.05, 4.69) is 10.6 Å². The summed E-state index contributed by atoms with van der Waals surface area (Å²) in [6.07, 6.45) is 6.34. The number of halogens is 1. The van der Waals surface area contributed by atoms with Gasteiger partial charge in [0.15, 0.2) is 0 Å². The van der Waals surface area contributed by atoms with E-state index in [9.17, 15) is 18.8 Å². The third-order valence-electron chi connectivity index (χ3n) is 6.44. The molecule has 2 saturated carbocycles. The van der Waals surface area contributed by atoms with Crippen LogP contribution in [0.5, 0.6) is 0 Å². The third kappa shape index (κ3) is 8.58. The molecule has 32 heavy (non-hydrogen) atoms. The number of alkyl halides is 1. The average molecular weight is 458 g/mol. The van der Waals surface area contributed by atoms with Gasteiger partial charge < -0.3 is 20.1 Å². The lowest BCUT2D eigenvalue weighted by Crippen LogP contribution is -2.48. The Morgan fingerprint density at radius 2 is 1.66 bits per heavy atom. The summed E-state index contributed by atoms with van der Waals surface area (Å²) < 4.78 is 32.4. The maximum Gasteiger partial charge on any atom is 0.407 e. The average Bonchev–Trinajstić information content (AvgIpc) is 2.75. The third-order valence-corrected chi connectivity index (χ3v) is 6.44. The van der Waals surface area contributed by atoms with E-state index in [1.807, 2.05) is 0 Å². The van der Waals surface area contributed by atoms with Gasteiger partial charge in [0.2, 0.25) is 5.91 Å². The zero-order chi connectivity index (χ0) is 24.6. The van der Waals surface area contributed by atoms with Crippen LogP contribution in [0.2, 0.25) is 0 Å². The minimum atomic E-state index is -0.830. The fourth-order valence-electron chi connectivity index (χ4n) is 4.69. The summed E-state index contributed by atoms with van der Waals surface area (Å²) in [4.78, 5) is 37.2. The first kappa shape index (κ1) is 24.8. The number of carbonyl (C=O) groups excluding carboxylic acids is 3. The van der Waals surface area contributed by atoms with E-state index >= 15 is 0 Å². The number of hydrogen-bond acceptors (Lipinski definition) is 5. The van der Waals surface area contributed by atoms with Crippen LogP contribution in [0.25, 0.3) is 0 Å². The van der Waals surface area contributed by atoms with Crippen LogP contribution in [0.3, 0.4) is 0 Å². The summed E-state index contributed by atoms with van der Waals surface area (Å²) in [5.41, 5.74) is -0.661. The van der Waals surface area contributed by atoms with E-state index in [4.69, 9.17) is 10.8 Å². The number of amides is 2. The summed E-state index contributed by atoms with van der Waals surface area (Å²) in [6, 6.07) is -1.48. The molecule has 0 aromatic carbocycles. The summed E-state index contributed by atoms with van der Waals surface area (Å²) in [5, 5.41) is 5.45. The van der Waals surface area contributed by atoms with E-state index in [-0.39, 0.29) is 24.2 Å². The molecule has 0 saturated heterocycles. The highest BCUT2D eigenvalue weighted by atomic mass is 19.1. The van der Waals surface area contributed by atoms with E-state index < -0.39 is 42.3 Å². The summed E-state index contributed by atoms with van der Waals surface area (Å²) in [5.74, 6) is -1.83. The van der Waals surface area contributed by atoms with Gasteiger partial charge in [0.25, 0.3) is 0 Å². The number of ether oxygens (including phenoxy) is 2. The van der Waals surface area contributed by atoms with Crippen LogP contribution < -0.4 is 10.6 Å². The zero-order valence-corrected chi connectivity index (χ0v) is 20.0. The molecule has 7 nitrogen and oxygen atoms in total. The van der Waals surface area contributed by atoms with Crippen molar-refractivity contribution in [2.75, 3.05) is 13.8 Å². The van der Waals surface area contributed by atoms with E-state index in [0.717, 1.165) is 32.1 Å². The molecule has 0 heterocycles. The molecule has 0 aromatic rings. The Kier molecular flexibility index (Phi) is 9.60. The molecule has 0 radical (unpaired) electrons. The SMILES string of the molecule is [2H]C1(C[C@H](NC(=O)C2CCC([C@@H](CF)NC(=O)OC(C)(C)C)CC2)C(=O)OC)CCCCC1. The molecule has 2 aliphatic rings. The number of hydrogen-bond donors (Lipinski definition) is 2. The number of rotatable bonds is 8. The van der Waals surface area contributed by atoms with Crippen molar-refractivity contribution in [3.05, 3.63) is 0 Å². The zero-order valence-electron chi connectivity index (χ0n) is 21.0. The van der Waals surface area contributed by atoms with Gasteiger partial charge in [0.1, 0.15) is 18.3 Å². The first-order valence-corrected chi connectivity index (χ1v) is 11.9. The summed E-state index contributed by atoms with van der Waals surface area (Å²) in [6.45, 7) is 4.55. The Morgan fingerprint density at radius 1 is 1.03 bits per heavy atom. The number of methoxy groups -OCH3 is 1. The molecule has 2 rings (SSSR count). The molecular formula is C24H41FN2O5. The van der Waals surface area contributed by atoms with Crippen molar-refractivity contribution >= 4 is 18.0 Å². The lowest BCUT2D eigenvalue weighted by molar-refractivity contribution is -0.146. The molecule has 0 bridgehead atoms. The van der Waals surface area contributed by atoms with Crippen LogP contribution in [-0.2, 0) is 19.1 Å². The number of carbonyl (C=O) groups is 3. The van der Waals surface area contributed by atoms with Crippen molar-refractivity contribution in [2.24, 2.45) is 17.7 Å². The van der Waals surface area contributed by atoms with Gasteiger partial charge in [-0.25, -0.2) is 14.0 Å². The lowest BCUT2D eigenvalue weighted by Gasteiger charge is -2.33. The van der Waals surface area contributed by atoms with Gasteiger partial charge in [-0.3, -0.25) is 4.79 Å². The van der Waals surface area contributed by atoms with Crippen molar-refractivity contribution in [1.82, 2.24) is 10.6 Å². The van der Waals surface area contributed by atoms with Crippen molar-refractivity contribution in [1.29, 1.82) is 0 Å². The van der Waals surface area contributed by atoms with Crippen molar-refractivity contribution < 1.29 is 29.6 Å². The van der Waals surface area contributed by atoms with Gasteiger partial charge in [-0.1, -0.05) is 32.1 Å². The quantitative estimate of drug-likeness (QED) is 0.531. The van der Waals surface area contributed by atoms with Gasteiger partial charge >= 0.3 is 12.1 Å². The molecule has 0 aromatic heterocycles. The van der Waals surface area contributed by atoms with Crippen LogP contribution in [0.15, 0.2) is 0 Å². The normalized spacial score (nSPS) is 25.6. The molecule has 8 heteroatoms. The maximum atomic E-state index is 13.6. The van der Waals surface area contributed by atoms with Gasteiger partial charge in [0.05, 0.1) is 13.2 Å². The molecule has 184 valence electrons. The Morgan fingerprint density at radius 3 is 2.19 bits per heavy atom. The van der Waals surface area contributed by atoms with Crippen LogP contribution in [-0.4, -0.2) is 49.4 Å². The van der Waals surface area contributed by atoms with Gasteiger partial charge in [0, 0.05) is 7.29 Å². The van der Waals surface area contributed by atoms with Gasteiger partial charge in [-0.2, -0.15) is 0 Å². The summed E-state index contributed by atoms with van der Waals surface area (Å²) in [7, 11) is 1.29. The minimum Gasteiger partial charge on any atom is -0.467 e. The fourth-order valence-corrected chi connectivity index (χ4v) is 4.69. The smallest absolute Gasteiger partial charge is 0.407 e. The van der Waals surface area contributed by atoms with E-state index in [1.165, 1.54) is 7.11 Å². The van der Waals surface area contributed by atoms with Gasteiger partial charge in [-0.15, -0.1) is 0 Å². The number of esters is 1. The Labute approximate surface area is 193 Å². The predicted molar refractivity (Wildman–Crippen MR) is 120 cm³/mol. The largest absolute Gasteiger partial charge is 0.467 e. The lowest BCUT2D eigenvalue weighted by atomic mass is 9.78. The molecular weight excluding hydrogens is 415 g/mol. The van der Waals surface area contributed by atoms with E-state index in [0.29, 0.717) is 25.7 Å². The van der Waals surface area contributed by atoms with Crippen molar-refractivity contribution in [3.63, 3.8) is 0 Å². The highest BCUT2D eigenvalue weighted by Crippen LogP contribution is 2.32. The molecule has 2 fully saturated rings. The topological polar surface area (TPSA) is 93.7 Å². The van der Waals surface area contributed by atoms with Crippen LogP contribution in [0.4, 0.5) is 9.18 Å². The standard InChI is InChI=1S/C24H41FN2O5/c1-24(2,3)32-23(30)27-20(15-25)17-10-12-18(13-11-17)21(28)26-19(22(29)31-4)14-16-8-6-5-7-9-16/h16-20H,5-15H2,1-4H3,(H,26,28)(H,27,30)/t17?,18?,19-,20+/m0/s1/i16D. The van der Waals surface area contributed by atoms with Crippen LogP contribution in [0.1, 0.15) is 86.4 Å². The molecule has 2 aliphatic carbocycles. The van der Waals surface area contributed by atoms with Crippen LogP contribution >= 0.6 is 0 Å². The Bertz CT molecular complexity index is 670. The number of alkyl carbamates (subject to hydrolysis) is 1. The van der Waals surface area contributed by atoms with Gasteiger partial charge in [-0.05, 0) is 64.7 Å². The van der Waals surface area contributed by atoms with Crippen molar-refractivity contribution in [3.8, 4) is 0 Å². The molecule has 0 aliphatic heterocycles. The molecule has 2 N–H and O–H groups in total. The van der Waals surface area contributed by atoms with Crippen molar-refractivity contribution in [2.45, 2.75) is 103 Å². The monoisotopic (exact) mass is 457 g/mol. The Balaban J connectivity index is 1.89. The fraction of sp³-hybridized carbons (Fsp3) is 0.875.